The Kier molecular flexibility index (Phi) is 4.93. The molecule has 5 heteroatoms. The van der Waals surface area contributed by atoms with Crippen LogP contribution >= 0.6 is 0 Å². The van der Waals surface area contributed by atoms with Gasteiger partial charge in [-0.1, -0.05) is 37.3 Å². The van der Waals surface area contributed by atoms with Crippen molar-refractivity contribution in [3.05, 3.63) is 35.9 Å². The van der Waals surface area contributed by atoms with Crippen LogP contribution in [0.15, 0.2) is 30.3 Å². The number of alkyl halides is 4. The van der Waals surface area contributed by atoms with Crippen molar-refractivity contribution < 1.29 is 17.6 Å². The van der Waals surface area contributed by atoms with Crippen LogP contribution in [0.2, 0.25) is 0 Å². The minimum absolute atomic E-state index is 0.333. The molecule has 1 rings (SSSR count). The molecule has 0 aliphatic carbocycles. The van der Waals surface area contributed by atoms with Crippen molar-refractivity contribution >= 4 is 0 Å². The van der Waals surface area contributed by atoms with Crippen molar-refractivity contribution in [2.45, 2.75) is 31.7 Å². The second kappa shape index (κ2) is 6.00. The van der Waals surface area contributed by atoms with E-state index in [1.807, 2.05) is 13.0 Å². The molecule has 0 fully saturated rings. The molecule has 0 saturated carbocycles. The first kappa shape index (κ1) is 14.0. The third-order valence-electron chi connectivity index (χ3n) is 2.51. The van der Waals surface area contributed by atoms with E-state index in [-0.39, 0.29) is 6.04 Å². The van der Waals surface area contributed by atoms with E-state index < -0.39 is 18.9 Å². The van der Waals surface area contributed by atoms with E-state index in [2.05, 4.69) is 5.32 Å². The van der Waals surface area contributed by atoms with E-state index in [4.69, 9.17) is 0 Å². The molecule has 0 amide bonds. The van der Waals surface area contributed by atoms with Gasteiger partial charge in [0.25, 0.3) is 0 Å². The average molecular weight is 249 g/mol. The third-order valence-corrected chi connectivity index (χ3v) is 2.51. The molecule has 17 heavy (non-hydrogen) atoms. The maximum Gasteiger partial charge on any atom is 0.319 e. The summed E-state index contributed by atoms with van der Waals surface area (Å²) >= 11 is 0. The lowest BCUT2D eigenvalue weighted by atomic mass is 10.0. The maximum atomic E-state index is 12.7. The topological polar surface area (TPSA) is 12.0 Å². The van der Waals surface area contributed by atoms with Gasteiger partial charge in [0.15, 0.2) is 0 Å². The lowest BCUT2D eigenvalue weighted by Gasteiger charge is -2.21. The average Bonchev–Trinajstić information content (AvgIpc) is 2.31. The van der Waals surface area contributed by atoms with Gasteiger partial charge in [-0.25, -0.2) is 8.78 Å². The smallest absolute Gasteiger partial charge is 0.304 e. The van der Waals surface area contributed by atoms with Crippen molar-refractivity contribution in [2.24, 2.45) is 0 Å². The molecular formula is C12H15F4N. The molecule has 0 aromatic heterocycles. The van der Waals surface area contributed by atoms with Crippen LogP contribution in [0.4, 0.5) is 17.6 Å². The van der Waals surface area contributed by atoms with E-state index in [1.54, 1.807) is 24.3 Å². The highest BCUT2D eigenvalue weighted by atomic mass is 19.3. The summed E-state index contributed by atoms with van der Waals surface area (Å²) in [5, 5.41) is 2.48. The quantitative estimate of drug-likeness (QED) is 0.759. The number of nitrogens with one attached hydrogen (secondary N) is 1. The fourth-order valence-corrected chi connectivity index (χ4v) is 1.52. The number of hydrogen-bond donors (Lipinski definition) is 1. The van der Waals surface area contributed by atoms with Gasteiger partial charge in [-0.05, 0) is 12.0 Å². The van der Waals surface area contributed by atoms with Crippen molar-refractivity contribution in [2.75, 3.05) is 6.54 Å². The molecule has 0 bridgehead atoms. The normalized spacial score (nSPS) is 14.0. The molecule has 96 valence electrons. The van der Waals surface area contributed by atoms with E-state index in [1.165, 1.54) is 0 Å². The second-order valence-electron chi connectivity index (χ2n) is 3.81. The summed E-state index contributed by atoms with van der Waals surface area (Å²) in [5.41, 5.74) is 0.820. The van der Waals surface area contributed by atoms with Crippen molar-refractivity contribution in [3.63, 3.8) is 0 Å². The number of halogens is 4. The van der Waals surface area contributed by atoms with Crippen LogP contribution in [0.5, 0.6) is 0 Å². The monoisotopic (exact) mass is 249 g/mol. The zero-order chi connectivity index (χ0) is 12.9. The summed E-state index contributed by atoms with van der Waals surface area (Å²) in [6.45, 7) is 0.795. The summed E-state index contributed by atoms with van der Waals surface area (Å²) in [7, 11) is 0. The van der Waals surface area contributed by atoms with Gasteiger partial charge < -0.3 is 5.32 Å². The van der Waals surface area contributed by atoms with Crippen molar-refractivity contribution in [1.29, 1.82) is 0 Å². The molecule has 1 aromatic rings. The van der Waals surface area contributed by atoms with Crippen LogP contribution in [-0.2, 0) is 0 Å². The predicted octanol–water partition coefficient (Wildman–Crippen LogP) is 3.63. The summed E-state index contributed by atoms with van der Waals surface area (Å²) < 4.78 is 49.5. The third kappa shape index (κ3) is 4.00. The molecule has 0 saturated heterocycles. The first-order valence-corrected chi connectivity index (χ1v) is 5.41. The second-order valence-corrected chi connectivity index (χ2v) is 3.81. The Labute approximate surface area is 97.8 Å². The summed E-state index contributed by atoms with van der Waals surface area (Å²) in [4.78, 5) is 0. The number of rotatable bonds is 6. The number of hydrogen-bond acceptors (Lipinski definition) is 1. The lowest BCUT2D eigenvalue weighted by Crippen LogP contribution is -2.40. The van der Waals surface area contributed by atoms with E-state index >= 15 is 0 Å². The molecule has 0 aliphatic heterocycles. The first-order chi connectivity index (χ1) is 7.97. The highest BCUT2D eigenvalue weighted by molar-refractivity contribution is 5.18. The van der Waals surface area contributed by atoms with Gasteiger partial charge in [0.1, 0.15) is 0 Å². The molecule has 0 radical (unpaired) electrons. The minimum Gasteiger partial charge on any atom is -0.304 e. The van der Waals surface area contributed by atoms with Crippen molar-refractivity contribution in [3.8, 4) is 0 Å². The molecule has 1 atom stereocenters. The van der Waals surface area contributed by atoms with Crippen LogP contribution in [0.25, 0.3) is 0 Å². The van der Waals surface area contributed by atoms with Gasteiger partial charge in [0, 0.05) is 6.04 Å². The largest absolute Gasteiger partial charge is 0.319 e. The zero-order valence-corrected chi connectivity index (χ0v) is 9.47. The predicted molar refractivity (Wildman–Crippen MR) is 58.4 cm³/mol. The minimum atomic E-state index is -3.98. The van der Waals surface area contributed by atoms with Gasteiger partial charge in [0.2, 0.25) is 0 Å². The SMILES string of the molecule is CCC(NCC(F)(F)C(F)F)c1ccccc1. The highest BCUT2D eigenvalue weighted by Crippen LogP contribution is 2.24. The Morgan fingerprint density at radius 2 is 1.76 bits per heavy atom. The Bertz CT molecular complexity index is 327. The molecule has 1 N–H and O–H groups in total. The summed E-state index contributed by atoms with van der Waals surface area (Å²) in [6, 6.07) is 8.60. The summed E-state index contributed by atoms with van der Waals surface area (Å²) in [5.74, 6) is -3.98. The fourth-order valence-electron chi connectivity index (χ4n) is 1.52. The molecule has 0 heterocycles. The van der Waals surface area contributed by atoms with Crippen LogP contribution in [0.3, 0.4) is 0 Å². The van der Waals surface area contributed by atoms with E-state index in [9.17, 15) is 17.6 Å². The highest BCUT2D eigenvalue weighted by Gasteiger charge is 2.40. The molecule has 1 aromatic carbocycles. The van der Waals surface area contributed by atoms with Gasteiger partial charge in [0.05, 0.1) is 6.54 Å². The first-order valence-electron chi connectivity index (χ1n) is 5.41. The van der Waals surface area contributed by atoms with Gasteiger partial charge in [-0.15, -0.1) is 0 Å². The molecule has 0 aliphatic rings. The van der Waals surface area contributed by atoms with E-state index in [0.29, 0.717) is 6.42 Å². The van der Waals surface area contributed by atoms with Gasteiger partial charge in [-0.3, -0.25) is 0 Å². The van der Waals surface area contributed by atoms with Crippen LogP contribution in [0, 0.1) is 0 Å². The summed E-state index contributed by atoms with van der Waals surface area (Å²) in [6.07, 6.45) is -3.08. The Hall–Kier alpha value is -1.10. The van der Waals surface area contributed by atoms with Gasteiger partial charge in [-0.2, -0.15) is 8.78 Å². The Morgan fingerprint density at radius 1 is 1.18 bits per heavy atom. The van der Waals surface area contributed by atoms with E-state index in [0.717, 1.165) is 5.56 Å². The zero-order valence-electron chi connectivity index (χ0n) is 9.47. The Balaban J connectivity index is 2.60. The molecular weight excluding hydrogens is 234 g/mol. The van der Waals surface area contributed by atoms with Crippen LogP contribution in [0.1, 0.15) is 24.9 Å². The number of benzene rings is 1. The van der Waals surface area contributed by atoms with Crippen LogP contribution in [-0.4, -0.2) is 18.9 Å². The standard InChI is InChI=1S/C12H15F4N/c1-2-10(9-6-4-3-5-7-9)17-8-12(15,16)11(13)14/h3-7,10-11,17H,2,8H2,1H3. The lowest BCUT2D eigenvalue weighted by molar-refractivity contribution is -0.126. The molecule has 0 spiro atoms. The fraction of sp³-hybridized carbons (Fsp3) is 0.500. The maximum absolute atomic E-state index is 12.7. The molecule has 1 nitrogen and oxygen atoms in total. The van der Waals surface area contributed by atoms with Crippen LogP contribution < -0.4 is 5.32 Å². The molecule has 1 unspecified atom stereocenters. The Morgan fingerprint density at radius 3 is 2.24 bits per heavy atom. The van der Waals surface area contributed by atoms with Gasteiger partial charge >= 0.3 is 12.3 Å². The van der Waals surface area contributed by atoms with Crippen molar-refractivity contribution in [1.82, 2.24) is 5.32 Å².